The maximum Gasteiger partial charge on any atom is 0.307 e. The minimum absolute atomic E-state index is 0.000770. The third kappa shape index (κ3) is 3.78. The lowest BCUT2D eigenvalue weighted by Crippen LogP contribution is -1.89. The molecule has 2 aromatic rings. The molecule has 0 amide bonds. The summed E-state index contributed by atoms with van der Waals surface area (Å²) in [7, 11) is 0. The number of benzene rings is 2. The SMILES string of the molecule is O=C(O)C/C=C/c1cccc(-c2ccc(F)cc2)c1. The Morgan fingerprint density at radius 1 is 1.11 bits per heavy atom. The molecule has 2 nitrogen and oxygen atoms in total. The van der Waals surface area contributed by atoms with E-state index in [0.717, 1.165) is 16.7 Å². The zero-order chi connectivity index (χ0) is 13.7. The Morgan fingerprint density at radius 3 is 2.53 bits per heavy atom. The fraction of sp³-hybridized carbons (Fsp3) is 0.0625. The van der Waals surface area contributed by atoms with Crippen molar-refractivity contribution in [2.45, 2.75) is 6.42 Å². The lowest BCUT2D eigenvalue weighted by atomic mass is 10.0. The van der Waals surface area contributed by atoms with E-state index in [0.29, 0.717) is 0 Å². The average Bonchev–Trinajstić information content (AvgIpc) is 2.39. The molecule has 0 saturated carbocycles. The molecular formula is C16H13FO2. The van der Waals surface area contributed by atoms with Crippen molar-refractivity contribution < 1.29 is 14.3 Å². The van der Waals surface area contributed by atoms with Crippen molar-refractivity contribution in [2.24, 2.45) is 0 Å². The van der Waals surface area contributed by atoms with Crippen molar-refractivity contribution in [1.29, 1.82) is 0 Å². The molecule has 0 bridgehead atoms. The van der Waals surface area contributed by atoms with Crippen LogP contribution in [0.1, 0.15) is 12.0 Å². The number of rotatable bonds is 4. The number of carboxylic acid groups (broad SMARTS) is 1. The molecular weight excluding hydrogens is 243 g/mol. The first kappa shape index (κ1) is 13.0. The summed E-state index contributed by atoms with van der Waals surface area (Å²) < 4.78 is 12.9. The van der Waals surface area contributed by atoms with Gasteiger partial charge in [-0.2, -0.15) is 0 Å². The summed E-state index contributed by atoms with van der Waals surface area (Å²) in [4.78, 5) is 10.4. The molecule has 2 rings (SSSR count). The molecule has 19 heavy (non-hydrogen) atoms. The van der Waals surface area contributed by atoms with E-state index in [1.54, 1.807) is 24.3 Å². The lowest BCUT2D eigenvalue weighted by Gasteiger charge is -2.03. The number of carbonyl (C=O) groups is 1. The summed E-state index contributed by atoms with van der Waals surface area (Å²) in [6.07, 6.45) is 3.37. The lowest BCUT2D eigenvalue weighted by molar-refractivity contribution is -0.135. The van der Waals surface area contributed by atoms with Crippen LogP contribution >= 0.6 is 0 Å². The Balaban J connectivity index is 2.21. The van der Waals surface area contributed by atoms with Gasteiger partial charge in [0.15, 0.2) is 0 Å². The van der Waals surface area contributed by atoms with Gasteiger partial charge in [-0.3, -0.25) is 4.79 Å². The molecule has 0 aliphatic carbocycles. The van der Waals surface area contributed by atoms with Crippen LogP contribution in [-0.4, -0.2) is 11.1 Å². The van der Waals surface area contributed by atoms with Crippen molar-refractivity contribution in [1.82, 2.24) is 0 Å². The van der Waals surface area contributed by atoms with Gasteiger partial charge in [-0.15, -0.1) is 0 Å². The highest BCUT2D eigenvalue weighted by Crippen LogP contribution is 2.21. The molecule has 0 aliphatic rings. The average molecular weight is 256 g/mol. The highest BCUT2D eigenvalue weighted by molar-refractivity contribution is 5.71. The van der Waals surface area contributed by atoms with Crippen molar-refractivity contribution in [3.63, 3.8) is 0 Å². The standard InChI is InChI=1S/C16H13FO2/c17-15-9-7-13(8-10-15)14-5-1-3-12(11-14)4-2-6-16(18)19/h1-5,7-11H,6H2,(H,18,19)/b4-2+. The van der Waals surface area contributed by atoms with Crippen molar-refractivity contribution in [3.05, 3.63) is 66.0 Å². The van der Waals surface area contributed by atoms with Crippen molar-refractivity contribution >= 4 is 12.0 Å². The smallest absolute Gasteiger partial charge is 0.307 e. The predicted octanol–water partition coefficient (Wildman–Crippen LogP) is 3.98. The fourth-order valence-corrected chi connectivity index (χ4v) is 1.76. The van der Waals surface area contributed by atoms with E-state index >= 15 is 0 Å². The molecule has 0 radical (unpaired) electrons. The summed E-state index contributed by atoms with van der Waals surface area (Å²) in [5, 5.41) is 8.56. The quantitative estimate of drug-likeness (QED) is 0.898. The maximum atomic E-state index is 12.9. The van der Waals surface area contributed by atoms with Crippen molar-refractivity contribution in [3.8, 4) is 11.1 Å². The first-order valence-electron chi connectivity index (χ1n) is 5.89. The summed E-state index contributed by atoms with van der Waals surface area (Å²) in [5.41, 5.74) is 2.82. The van der Waals surface area contributed by atoms with Gasteiger partial charge in [-0.1, -0.05) is 42.5 Å². The van der Waals surface area contributed by atoms with Crippen LogP contribution in [-0.2, 0) is 4.79 Å². The zero-order valence-electron chi connectivity index (χ0n) is 10.2. The second-order valence-corrected chi connectivity index (χ2v) is 4.13. The summed E-state index contributed by atoms with van der Waals surface area (Å²) >= 11 is 0. The van der Waals surface area contributed by atoms with Crippen LogP contribution in [0.25, 0.3) is 17.2 Å². The molecule has 0 unspecified atom stereocenters. The topological polar surface area (TPSA) is 37.3 Å². The number of aliphatic carboxylic acids is 1. The van der Waals surface area contributed by atoms with Gasteiger partial charge >= 0.3 is 5.97 Å². The number of halogens is 1. The third-order valence-corrected chi connectivity index (χ3v) is 2.67. The molecule has 0 saturated heterocycles. The third-order valence-electron chi connectivity index (χ3n) is 2.67. The van der Waals surface area contributed by atoms with Gasteiger partial charge in [0, 0.05) is 0 Å². The normalized spacial score (nSPS) is 10.8. The van der Waals surface area contributed by atoms with E-state index in [9.17, 15) is 9.18 Å². The van der Waals surface area contributed by atoms with Crippen LogP contribution < -0.4 is 0 Å². The Hall–Kier alpha value is -2.42. The van der Waals surface area contributed by atoms with Gasteiger partial charge in [0.05, 0.1) is 6.42 Å². The highest BCUT2D eigenvalue weighted by atomic mass is 19.1. The van der Waals surface area contributed by atoms with Crippen LogP contribution in [0.15, 0.2) is 54.6 Å². The summed E-state index contributed by atoms with van der Waals surface area (Å²) in [6.45, 7) is 0. The molecule has 0 atom stereocenters. The van der Waals surface area contributed by atoms with Crippen LogP contribution in [0.3, 0.4) is 0 Å². The minimum Gasteiger partial charge on any atom is -0.481 e. The Morgan fingerprint density at radius 2 is 1.84 bits per heavy atom. The van der Waals surface area contributed by atoms with Gasteiger partial charge in [-0.25, -0.2) is 4.39 Å². The minimum atomic E-state index is -0.856. The Labute approximate surface area is 110 Å². The van der Waals surface area contributed by atoms with Crippen LogP contribution in [0, 0.1) is 5.82 Å². The van der Waals surface area contributed by atoms with E-state index in [4.69, 9.17) is 5.11 Å². The zero-order valence-corrected chi connectivity index (χ0v) is 10.2. The van der Waals surface area contributed by atoms with E-state index in [-0.39, 0.29) is 12.2 Å². The summed E-state index contributed by atoms with van der Waals surface area (Å²) in [5.74, 6) is -1.12. The van der Waals surface area contributed by atoms with Gasteiger partial charge in [0.2, 0.25) is 0 Å². The second-order valence-electron chi connectivity index (χ2n) is 4.13. The molecule has 3 heteroatoms. The van der Waals surface area contributed by atoms with Gasteiger partial charge in [0.25, 0.3) is 0 Å². The maximum absolute atomic E-state index is 12.9. The predicted molar refractivity (Wildman–Crippen MR) is 73.1 cm³/mol. The molecule has 0 aromatic heterocycles. The Kier molecular flexibility index (Phi) is 4.08. The number of carboxylic acids is 1. The molecule has 2 aromatic carbocycles. The van der Waals surface area contributed by atoms with Crippen LogP contribution in [0.2, 0.25) is 0 Å². The fourth-order valence-electron chi connectivity index (χ4n) is 1.76. The highest BCUT2D eigenvalue weighted by Gasteiger charge is 1.98. The summed E-state index contributed by atoms with van der Waals surface area (Å²) in [6, 6.07) is 13.9. The monoisotopic (exact) mass is 256 g/mol. The van der Waals surface area contributed by atoms with Crippen molar-refractivity contribution in [2.75, 3.05) is 0 Å². The second kappa shape index (κ2) is 5.96. The molecule has 0 aliphatic heterocycles. The number of hydrogen-bond acceptors (Lipinski definition) is 1. The molecule has 96 valence electrons. The Bertz CT molecular complexity index is 600. The van der Waals surface area contributed by atoms with Gasteiger partial charge < -0.3 is 5.11 Å². The van der Waals surface area contributed by atoms with Gasteiger partial charge in [0.1, 0.15) is 5.82 Å². The van der Waals surface area contributed by atoms with Gasteiger partial charge in [-0.05, 0) is 34.9 Å². The molecule has 0 heterocycles. The van der Waals surface area contributed by atoms with E-state index < -0.39 is 5.97 Å². The van der Waals surface area contributed by atoms with Crippen LogP contribution in [0.5, 0.6) is 0 Å². The molecule has 0 fully saturated rings. The first-order valence-corrected chi connectivity index (χ1v) is 5.89. The van der Waals surface area contributed by atoms with E-state index in [1.165, 1.54) is 12.1 Å². The first-order chi connectivity index (χ1) is 9.15. The van der Waals surface area contributed by atoms with E-state index in [2.05, 4.69) is 0 Å². The largest absolute Gasteiger partial charge is 0.481 e. The van der Waals surface area contributed by atoms with E-state index in [1.807, 2.05) is 24.3 Å². The molecule has 0 spiro atoms. The van der Waals surface area contributed by atoms with Crippen LogP contribution in [0.4, 0.5) is 4.39 Å². The molecule has 1 N–H and O–H groups in total. The number of hydrogen-bond donors (Lipinski definition) is 1.